The van der Waals surface area contributed by atoms with Crippen LogP contribution in [0.5, 0.6) is 0 Å². The number of piperazine rings is 1. The highest BCUT2D eigenvalue weighted by Crippen LogP contribution is 2.27. The van der Waals surface area contributed by atoms with E-state index in [0.717, 1.165) is 45.4 Å². The highest BCUT2D eigenvalue weighted by atomic mass is 16.5. The molecule has 1 saturated carbocycles. The Kier molecular flexibility index (Phi) is 4.75. The Morgan fingerprint density at radius 3 is 2.80 bits per heavy atom. The summed E-state index contributed by atoms with van der Waals surface area (Å²) in [6, 6.07) is 1.33. The molecule has 0 radical (unpaired) electrons. The fourth-order valence-electron chi connectivity index (χ4n) is 4.33. The molecular weight excluding hydrogens is 320 g/mol. The highest BCUT2D eigenvalue weighted by molar-refractivity contribution is 5.92. The Hall–Kier alpha value is -1.51. The van der Waals surface area contributed by atoms with Crippen molar-refractivity contribution in [2.75, 3.05) is 32.8 Å². The number of hydrogen-bond donors (Lipinski definition) is 1. The summed E-state index contributed by atoms with van der Waals surface area (Å²) in [6.07, 6.45) is 5.85. The predicted octanol–water partition coefficient (Wildman–Crippen LogP) is 0.266. The average Bonchev–Trinajstić information content (AvgIpc) is 3.12. The predicted molar refractivity (Wildman–Crippen MR) is 92.2 cm³/mol. The van der Waals surface area contributed by atoms with E-state index in [4.69, 9.17) is 10.5 Å². The van der Waals surface area contributed by atoms with Crippen molar-refractivity contribution in [1.29, 1.82) is 0 Å². The van der Waals surface area contributed by atoms with E-state index in [1.165, 1.54) is 0 Å². The summed E-state index contributed by atoms with van der Waals surface area (Å²) in [5, 5.41) is 8.37. The Morgan fingerprint density at radius 2 is 2.00 bits per heavy atom. The molecule has 2 atom stereocenters. The number of fused-ring (bicyclic) bond motifs is 1. The van der Waals surface area contributed by atoms with Gasteiger partial charge in [-0.15, -0.1) is 5.10 Å². The molecule has 25 heavy (non-hydrogen) atoms. The van der Waals surface area contributed by atoms with E-state index >= 15 is 0 Å². The van der Waals surface area contributed by atoms with Crippen LogP contribution in [0.3, 0.4) is 0 Å². The van der Waals surface area contributed by atoms with Crippen LogP contribution in [0.25, 0.3) is 0 Å². The third-order valence-electron chi connectivity index (χ3n) is 5.90. The van der Waals surface area contributed by atoms with Crippen molar-refractivity contribution < 1.29 is 9.53 Å². The molecule has 1 aromatic rings. The molecule has 0 unspecified atom stereocenters. The molecule has 2 saturated heterocycles. The fourth-order valence-corrected chi connectivity index (χ4v) is 4.33. The van der Waals surface area contributed by atoms with Gasteiger partial charge in [0.05, 0.1) is 31.5 Å². The van der Waals surface area contributed by atoms with E-state index in [0.29, 0.717) is 37.0 Å². The number of morpholine rings is 1. The Bertz CT molecular complexity index is 612. The number of nitrogens with two attached hydrogens (primary N) is 1. The largest absolute Gasteiger partial charge is 0.378 e. The van der Waals surface area contributed by atoms with Crippen LogP contribution in [0.1, 0.15) is 49.1 Å². The van der Waals surface area contributed by atoms with Gasteiger partial charge in [0.25, 0.3) is 5.91 Å². The van der Waals surface area contributed by atoms with Crippen molar-refractivity contribution in [2.45, 2.75) is 56.8 Å². The minimum Gasteiger partial charge on any atom is -0.378 e. The van der Waals surface area contributed by atoms with Gasteiger partial charge in [0.1, 0.15) is 0 Å². The molecule has 8 heteroatoms. The van der Waals surface area contributed by atoms with Gasteiger partial charge in [-0.3, -0.25) is 9.69 Å². The SMILES string of the molecule is C[C@H]1COC[C@H]2CN(C(=O)c3cn(C4CCC(N)CC4)nn3)CCN21. The highest BCUT2D eigenvalue weighted by Gasteiger charge is 2.36. The van der Waals surface area contributed by atoms with Crippen LogP contribution >= 0.6 is 0 Å². The molecule has 4 rings (SSSR count). The quantitative estimate of drug-likeness (QED) is 0.825. The van der Waals surface area contributed by atoms with E-state index in [-0.39, 0.29) is 11.9 Å². The van der Waals surface area contributed by atoms with Crippen LogP contribution in [0.4, 0.5) is 0 Å². The molecule has 8 nitrogen and oxygen atoms in total. The molecule has 1 aromatic heterocycles. The number of rotatable bonds is 2. The molecule has 3 fully saturated rings. The Morgan fingerprint density at radius 1 is 1.20 bits per heavy atom. The van der Waals surface area contributed by atoms with Gasteiger partial charge in [-0.05, 0) is 32.6 Å². The topological polar surface area (TPSA) is 89.5 Å². The number of carbonyl (C=O) groups excluding carboxylic acids is 1. The molecule has 0 aromatic carbocycles. The van der Waals surface area contributed by atoms with Crippen molar-refractivity contribution in [1.82, 2.24) is 24.8 Å². The molecule has 2 aliphatic heterocycles. The lowest BCUT2D eigenvalue weighted by Gasteiger charge is -2.46. The van der Waals surface area contributed by atoms with Gasteiger partial charge < -0.3 is 15.4 Å². The summed E-state index contributed by atoms with van der Waals surface area (Å²) < 4.78 is 7.52. The number of hydrogen-bond acceptors (Lipinski definition) is 6. The molecule has 3 aliphatic rings. The summed E-state index contributed by atoms with van der Waals surface area (Å²) >= 11 is 0. The maximum absolute atomic E-state index is 12.8. The summed E-state index contributed by atoms with van der Waals surface area (Å²) in [7, 11) is 0. The molecule has 2 N–H and O–H groups in total. The summed E-state index contributed by atoms with van der Waals surface area (Å²) in [5.41, 5.74) is 6.42. The second-order valence-corrected chi connectivity index (χ2v) is 7.68. The van der Waals surface area contributed by atoms with Crippen LogP contribution in [0.2, 0.25) is 0 Å². The first-order chi connectivity index (χ1) is 12.1. The minimum atomic E-state index is -0.0170. The zero-order valence-corrected chi connectivity index (χ0v) is 14.9. The van der Waals surface area contributed by atoms with Gasteiger partial charge in [0, 0.05) is 31.7 Å². The lowest BCUT2D eigenvalue weighted by Crippen LogP contribution is -2.62. The summed E-state index contributed by atoms with van der Waals surface area (Å²) in [4.78, 5) is 17.2. The lowest BCUT2D eigenvalue weighted by molar-refractivity contribution is -0.0700. The van der Waals surface area contributed by atoms with Crippen LogP contribution < -0.4 is 5.73 Å². The van der Waals surface area contributed by atoms with Crippen molar-refractivity contribution in [3.8, 4) is 0 Å². The van der Waals surface area contributed by atoms with E-state index < -0.39 is 0 Å². The maximum atomic E-state index is 12.8. The first kappa shape index (κ1) is 16.9. The van der Waals surface area contributed by atoms with E-state index in [9.17, 15) is 4.79 Å². The van der Waals surface area contributed by atoms with Crippen molar-refractivity contribution in [3.63, 3.8) is 0 Å². The summed E-state index contributed by atoms with van der Waals surface area (Å²) in [6.45, 7) is 6.01. The van der Waals surface area contributed by atoms with Gasteiger partial charge in [-0.1, -0.05) is 5.21 Å². The monoisotopic (exact) mass is 348 g/mol. The zero-order valence-electron chi connectivity index (χ0n) is 14.9. The normalized spacial score (nSPS) is 33.9. The van der Waals surface area contributed by atoms with Gasteiger partial charge in [-0.25, -0.2) is 4.68 Å². The van der Waals surface area contributed by atoms with E-state index in [1.807, 2.05) is 15.8 Å². The third kappa shape index (κ3) is 3.43. The van der Waals surface area contributed by atoms with Crippen LogP contribution in [-0.4, -0.2) is 81.7 Å². The summed E-state index contributed by atoms with van der Waals surface area (Å²) in [5.74, 6) is -0.0170. The second kappa shape index (κ2) is 7.01. The van der Waals surface area contributed by atoms with Gasteiger partial charge in [0.2, 0.25) is 0 Å². The van der Waals surface area contributed by atoms with Gasteiger partial charge in [0.15, 0.2) is 5.69 Å². The smallest absolute Gasteiger partial charge is 0.276 e. The van der Waals surface area contributed by atoms with Crippen molar-refractivity contribution >= 4 is 5.91 Å². The Balaban J connectivity index is 1.40. The number of amides is 1. The first-order valence-corrected chi connectivity index (χ1v) is 9.42. The average molecular weight is 348 g/mol. The van der Waals surface area contributed by atoms with Gasteiger partial charge in [-0.2, -0.15) is 0 Å². The zero-order chi connectivity index (χ0) is 17.4. The number of ether oxygens (including phenoxy) is 1. The standard InChI is InChI=1S/C17H28N6O2/c1-12-10-25-11-15-8-21(6-7-22(12)15)17(24)16-9-23(20-19-16)14-4-2-13(18)3-5-14/h9,12-15H,2-8,10-11,18H2,1H3/t12-,13?,14?,15+/m0/s1. The molecule has 0 spiro atoms. The molecule has 3 heterocycles. The number of nitrogens with zero attached hydrogens (tertiary/aromatic N) is 5. The minimum absolute atomic E-state index is 0.0170. The molecule has 0 bridgehead atoms. The third-order valence-corrected chi connectivity index (χ3v) is 5.90. The van der Waals surface area contributed by atoms with Crippen LogP contribution in [0, 0.1) is 0 Å². The Labute approximate surface area is 148 Å². The van der Waals surface area contributed by atoms with E-state index in [2.05, 4.69) is 22.1 Å². The van der Waals surface area contributed by atoms with Crippen molar-refractivity contribution in [3.05, 3.63) is 11.9 Å². The first-order valence-electron chi connectivity index (χ1n) is 9.42. The second-order valence-electron chi connectivity index (χ2n) is 7.68. The molecular formula is C17H28N6O2. The van der Waals surface area contributed by atoms with Gasteiger partial charge >= 0.3 is 0 Å². The molecule has 1 amide bonds. The van der Waals surface area contributed by atoms with Crippen LogP contribution in [0.15, 0.2) is 6.20 Å². The molecule has 1 aliphatic carbocycles. The van der Waals surface area contributed by atoms with Crippen LogP contribution in [-0.2, 0) is 4.74 Å². The lowest BCUT2D eigenvalue weighted by atomic mass is 9.92. The molecule has 138 valence electrons. The maximum Gasteiger partial charge on any atom is 0.276 e. The fraction of sp³-hybridized carbons (Fsp3) is 0.824. The van der Waals surface area contributed by atoms with Crippen molar-refractivity contribution in [2.24, 2.45) is 5.73 Å². The number of carbonyl (C=O) groups is 1. The van der Waals surface area contributed by atoms with E-state index in [1.54, 1.807) is 0 Å². The number of aromatic nitrogens is 3.